The number of hydrogen-bond donors (Lipinski definition) is 0. The summed E-state index contributed by atoms with van der Waals surface area (Å²) in [4.78, 5) is 13.7. The summed E-state index contributed by atoms with van der Waals surface area (Å²) in [6.07, 6.45) is 8.65. The van der Waals surface area contributed by atoms with E-state index in [-0.39, 0.29) is 11.8 Å². The predicted octanol–water partition coefficient (Wildman–Crippen LogP) is 1.99. The molecule has 14 heavy (non-hydrogen) atoms. The van der Waals surface area contributed by atoms with Gasteiger partial charge in [-0.25, -0.2) is 0 Å². The van der Waals surface area contributed by atoms with E-state index in [1.54, 1.807) is 0 Å². The van der Waals surface area contributed by atoms with Crippen LogP contribution < -0.4 is 0 Å². The maximum Gasteiger partial charge on any atom is 0.229 e. The van der Waals surface area contributed by atoms with Gasteiger partial charge >= 0.3 is 0 Å². The Morgan fingerprint density at radius 3 is 3.07 bits per heavy atom. The zero-order valence-corrected chi connectivity index (χ0v) is 8.86. The van der Waals surface area contributed by atoms with E-state index in [9.17, 15) is 4.79 Å². The Hall–Kier alpha value is -1.05. The van der Waals surface area contributed by atoms with Gasteiger partial charge in [-0.1, -0.05) is 23.8 Å². The molecule has 0 saturated carbocycles. The van der Waals surface area contributed by atoms with E-state index >= 15 is 0 Å². The van der Waals surface area contributed by atoms with Crippen molar-refractivity contribution >= 4 is 5.91 Å². The van der Waals surface area contributed by atoms with Gasteiger partial charge in [-0.3, -0.25) is 4.79 Å². The number of carbonyl (C=O) groups excluding carboxylic acids is 1. The van der Waals surface area contributed by atoms with Crippen LogP contribution in [0.25, 0.3) is 0 Å². The van der Waals surface area contributed by atoms with Crippen molar-refractivity contribution in [1.82, 2.24) is 4.90 Å². The van der Waals surface area contributed by atoms with Crippen LogP contribution in [-0.4, -0.2) is 24.4 Å². The number of fused-ring (bicyclic) bond motifs is 1. The molecule has 76 valence electrons. The van der Waals surface area contributed by atoms with E-state index in [1.165, 1.54) is 5.57 Å². The molecule has 2 rings (SSSR count). The molecule has 2 aliphatic rings. The van der Waals surface area contributed by atoms with Gasteiger partial charge in [0.15, 0.2) is 0 Å². The number of allylic oxidation sites excluding steroid dienone is 3. The van der Waals surface area contributed by atoms with Crippen LogP contribution in [0.15, 0.2) is 23.8 Å². The molecule has 1 aliphatic carbocycles. The summed E-state index contributed by atoms with van der Waals surface area (Å²) in [6, 6.07) is 0. The third-order valence-electron chi connectivity index (χ3n) is 3.38. The molecule has 2 unspecified atom stereocenters. The van der Waals surface area contributed by atoms with Gasteiger partial charge in [-0.05, 0) is 25.7 Å². The van der Waals surface area contributed by atoms with Crippen molar-refractivity contribution in [2.24, 2.45) is 11.8 Å². The Bertz CT molecular complexity index is 303. The van der Waals surface area contributed by atoms with Gasteiger partial charge in [-0.2, -0.15) is 0 Å². The summed E-state index contributed by atoms with van der Waals surface area (Å²) in [5.74, 6) is 0.954. The van der Waals surface area contributed by atoms with Gasteiger partial charge in [0.2, 0.25) is 5.91 Å². The van der Waals surface area contributed by atoms with Crippen LogP contribution in [0.2, 0.25) is 0 Å². The minimum absolute atomic E-state index is 0.0810. The monoisotopic (exact) mass is 191 g/mol. The molecule has 1 saturated heterocycles. The Kier molecular flexibility index (Phi) is 2.44. The molecule has 0 aromatic rings. The van der Waals surface area contributed by atoms with E-state index in [2.05, 4.69) is 18.2 Å². The fourth-order valence-electron chi connectivity index (χ4n) is 2.41. The lowest BCUT2D eigenvalue weighted by molar-refractivity contribution is -0.131. The fourth-order valence-corrected chi connectivity index (χ4v) is 2.41. The van der Waals surface area contributed by atoms with E-state index in [0.29, 0.717) is 5.92 Å². The first-order chi connectivity index (χ1) is 6.70. The van der Waals surface area contributed by atoms with Gasteiger partial charge in [-0.15, -0.1) is 0 Å². The average Bonchev–Trinajstić information content (AvgIpc) is 2.32. The first-order valence-electron chi connectivity index (χ1n) is 5.31. The van der Waals surface area contributed by atoms with Crippen LogP contribution in [0.1, 0.15) is 19.8 Å². The van der Waals surface area contributed by atoms with Gasteiger partial charge in [0.1, 0.15) is 0 Å². The molecule has 2 atom stereocenters. The fraction of sp³-hybridized carbons (Fsp3) is 0.583. The van der Waals surface area contributed by atoms with Crippen LogP contribution in [0.5, 0.6) is 0 Å². The number of nitrogens with zero attached hydrogens (tertiary/aromatic N) is 1. The molecule has 0 aromatic heterocycles. The van der Waals surface area contributed by atoms with Crippen LogP contribution in [0, 0.1) is 11.8 Å². The maximum absolute atomic E-state index is 11.9. The summed E-state index contributed by atoms with van der Waals surface area (Å²) in [6.45, 7) is 2.93. The van der Waals surface area contributed by atoms with Crippen LogP contribution in [0.4, 0.5) is 0 Å². The molecule has 2 heteroatoms. The smallest absolute Gasteiger partial charge is 0.229 e. The highest BCUT2D eigenvalue weighted by Crippen LogP contribution is 2.33. The van der Waals surface area contributed by atoms with Gasteiger partial charge in [0.25, 0.3) is 0 Å². The number of likely N-dealkylation sites (tertiary alicyclic amines) is 1. The average molecular weight is 191 g/mol. The van der Waals surface area contributed by atoms with Gasteiger partial charge in [0.05, 0.1) is 5.92 Å². The Morgan fingerprint density at radius 2 is 2.29 bits per heavy atom. The minimum Gasteiger partial charge on any atom is -0.345 e. The second-order valence-corrected chi connectivity index (χ2v) is 4.30. The molecule has 1 fully saturated rings. The first-order valence-corrected chi connectivity index (χ1v) is 5.31. The lowest BCUT2D eigenvalue weighted by atomic mass is 9.83. The van der Waals surface area contributed by atoms with Gasteiger partial charge in [0, 0.05) is 13.6 Å². The molecule has 1 heterocycles. The van der Waals surface area contributed by atoms with E-state index in [1.807, 2.05) is 18.9 Å². The van der Waals surface area contributed by atoms with E-state index in [0.717, 1.165) is 19.4 Å². The Morgan fingerprint density at radius 1 is 1.50 bits per heavy atom. The normalized spacial score (nSPS) is 32.3. The predicted molar refractivity (Wildman–Crippen MR) is 56.7 cm³/mol. The summed E-state index contributed by atoms with van der Waals surface area (Å²) in [7, 11) is 1.91. The number of rotatable bonds is 0. The highest BCUT2D eigenvalue weighted by molar-refractivity contribution is 5.81. The molecule has 2 nitrogen and oxygen atoms in total. The van der Waals surface area contributed by atoms with Crippen LogP contribution >= 0.6 is 0 Å². The molecule has 0 radical (unpaired) electrons. The molecule has 1 amide bonds. The second-order valence-electron chi connectivity index (χ2n) is 4.30. The summed E-state index contributed by atoms with van der Waals surface area (Å²) < 4.78 is 0. The van der Waals surface area contributed by atoms with E-state index in [4.69, 9.17) is 0 Å². The summed E-state index contributed by atoms with van der Waals surface area (Å²) in [5.41, 5.74) is 1.34. The topological polar surface area (TPSA) is 20.3 Å². The second kappa shape index (κ2) is 3.60. The largest absolute Gasteiger partial charge is 0.345 e. The SMILES string of the molecule is CC1C(=O)N(C)CCC2CC=CC=C21. The number of amides is 1. The molecule has 1 aliphatic heterocycles. The summed E-state index contributed by atoms with van der Waals surface area (Å²) >= 11 is 0. The molecule has 0 aromatic carbocycles. The quantitative estimate of drug-likeness (QED) is 0.573. The minimum atomic E-state index is 0.0810. The molecule has 0 bridgehead atoms. The van der Waals surface area contributed by atoms with Crippen molar-refractivity contribution in [3.05, 3.63) is 23.8 Å². The molecule has 0 N–H and O–H groups in total. The lowest BCUT2D eigenvalue weighted by Crippen LogP contribution is -2.30. The van der Waals surface area contributed by atoms with Crippen molar-refractivity contribution in [2.45, 2.75) is 19.8 Å². The van der Waals surface area contributed by atoms with Crippen LogP contribution in [-0.2, 0) is 4.79 Å². The first kappa shape index (κ1) is 9.50. The van der Waals surface area contributed by atoms with Gasteiger partial charge < -0.3 is 4.90 Å². The standard InChI is InChI=1S/C12H17NO/c1-9-11-6-4-3-5-10(11)7-8-13(2)12(9)14/h3-4,6,9-10H,5,7-8H2,1-2H3. The Balaban J connectivity index is 2.29. The Labute approximate surface area is 85.3 Å². The van der Waals surface area contributed by atoms with Crippen LogP contribution in [0.3, 0.4) is 0 Å². The number of carbonyl (C=O) groups is 1. The van der Waals surface area contributed by atoms with Crippen molar-refractivity contribution in [2.75, 3.05) is 13.6 Å². The third-order valence-corrected chi connectivity index (χ3v) is 3.38. The summed E-state index contributed by atoms with van der Waals surface area (Å²) in [5, 5.41) is 0. The zero-order valence-electron chi connectivity index (χ0n) is 8.86. The highest BCUT2D eigenvalue weighted by atomic mass is 16.2. The van der Waals surface area contributed by atoms with Crippen molar-refractivity contribution in [3.8, 4) is 0 Å². The highest BCUT2D eigenvalue weighted by Gasteiger charge is 2.30. The van der Waals surface area contributed by atoms with Crippen molar-refractivity contribution in [3.63, 3.8) is 0 Å². The van der Waals surface area contributed by atoms with Crippen molar-refractivity contribution < 1.29 is 4.79 Å². The molecule has 0 spiro atoms. The number of hydrogen-bond acceptors (Lipinski definition) is 1. The van der Waals surface area contributed by atoms with Crippen molar-refractivity contribution in [1.29, 1.82) is 0 Å². The molecular formula is C12H17NO. The van der Waals surface area contributed by atoms with E-state index < -0.39 is 0 Å². The lowest BCUT2D eigenvalue weighted by Gasteiger charge is -2.21. The zero-order chi connectivity index (χ0) is 10.1. The molecular weight excluding hydrogens is 174 g/mol. The third kappa shape index (κ3) is 1.49. The maximum atomic E-state index is 11.9.